The normalized spacial score (nSPS) is 16.4. The molecule has 0 aromatic heterocycles. The van der Waals surface area contributed by atoms with E-state index in [1.165, 1.54) is 11.1 Å². The van der Waals surface area contributed by atoms with E-state index in [9.17, 15) is 0 Å². The van der Waals surface area contributed by atoms with Gasteiger partial charge in [-0.05, 0) is 31.2 Å². The van der Waals surface area contributed by atoms with Crippen LogP contribution < -0.4 is 10.6 Å². The molecular formula is C17H26IN3. The maximum Gasteiger partial charge on any atom is 0.191 e. The molecule has 1 unspecified atom stereocenters. The number of rotatable bonds is 4. The van der Waals surface area contributed by atoms with E-state index in [2.05, 4.69) is 65.9 Å². The fraction of sp³-hybridized carbons (Fsp3) is 0.471. The van der Waals surface area contributed by atoms with Crippen molar-refractivity contribution in [3.8, 4) is 0 Å². The Hall–Kier alpha value is -1.04. The highest BCUT2D eigenvalue weighted by Gasteiger charge is 2.12. The average molecular weight is 399 g/mol. The molecule has 2 N–H and O–H groups in total. The summed E-state index contributed by atoms with van der Waals surface area (Å²) in [5.74, 6) is 1.37. The molecule has 0 amide bonds. The summed E-state index contributed by atoms with van der Waals surface area (Å²) in [7, 11) is 1.83. The summed E-state index contributed by atoms with van der Waals surface area (Å²) in [6.07, 6.45) is 6.63. The maximum atomic E-state index is 4.30. The Bertz CT molecular complexity index is 471. The molecule has 2 rings (SSSR count). The van der Waals surface area contributed by atoms with Crippen LogP contribution in [-0.4, -0.2) is 25.6 Å². The van der Waals surface area contributed by atoms with Crippen molar-refractivity contribution in [2.75, 3.05) is 13.6 Å². The van der Waals surface area contributed by atoms with Crippen molar-refractivity contribution in [3.05, 3.63) is 47.5 Å². The van der Waals surface area contributed by atoms with E-state index in [-0.39, 0.29) is 24.0 Å². The van der Waals surface area contributed by atoms with Crippen LogP contribution in [0.5, 0.6) is 0 Å². The molecule has 116 valence electrons. The average Bonchev–Trinajstić information content (AvgIpc) is 2.96. The number of aliphatic imine (C=N–C) groups is 1. The Kier molecular flexibility index (Phi) is 7.78. The van der Waals surface area contributed by atoms with Crippen molar-refractivity contribution in [3.63, 3.8) is 0 Å². The second kappa shape index (κ2) is 9.07. The van der Waals surface area contributed by atoms with Gasteiger partial charge in [0, 0.05) is 19.6 Å². The number of hydrogen-bond donors (Lipinski definition) is 2. The van der Waals surface area contributed by atoms with Crippen molar-refractivity contribution in [1.29, 1.82) is 0 Å². The summed E-state index contributed by atoms with van der Waals surface area (Å²) in [6.45, 7) is 5.25. The molecule has 0 spiro atoms. The predicted octanol–water partition coefficient (Wildman–Crippen LogP) is 3.60. The zero-order valence-electron chi connectivity index (χ0n) is 13.1. The van der Waals surface area contributed by atoms with Crippen molar-refractivity contribution < 1.29 is 0 Å². The lowest BCUT2D eigenvalue weighted by molar-refractivity contribution is 0.621. The van der Waals surface area contributed by atoms with Crippen LogP contribution in [0.1, 0.15) is 36.8 Å². The summed E-state index contributed by atoms with van der Waals surface area (Å²) < 4.78 is 0. The zero-order chi connectivity index (χ0) is 14.4. The highest BCUT2D eigenvalue weighted by molar-refractivity contribution is 14.0. The first-order valence-electron chi connectivity index (χ1n) is 7.38. The van der Waals surface area contributed by atoms with Gasteiger partial charge in [0.2, 0.25) is 0 Å². The molecular weight excluding hydrogens is 373 g/mol. The number of nitrogens with zero attached hydrogens (tertiary/aromatic N) is 1. The third kappa shape index (κ3) is 5.69. The van der Waals surface area contributed by atoms with Gasteiger partial charge in [0.05, 0.1) is 0 Å². The highest BCUT2D eigenvalue weighted by Crippen LogP contribution is 2.15. The van der Waals surface area contributed by atoms with Crippen LogP contribution in [0, 0.1) is 6.92 Å². The zero-order valence-corrected chi connectivity index (χ0v) is 15.4. The number of aryl methyl sites for hydroxylation is 1. The largest absolute Gasteiger partial charge is 0.356 e. The highest BCUT2D eigenvalue weighted by atomic mass is 127. The van der Waals surface area contributed by atoms with E-state index in [1.807, 2.05) is 7.05 Å². The molecule has 3 nitrogen and oxygen atoms in total. The van der Waals surface area contributed by atoms with Gasteiger partial charge in [0.1, 0.15) is 0 Å². The lowest BCUT2D eigenvalue weighted by atomic mass is 10.0. The van der Waals surface area contributed by atoms with E-state index in [0.29, 0.717) is 12.0 Å². The van der Waals surface area contributed by atoms with Crippen molar-refractivity contribution >= 4 is 29.9 Å². The van der Waals surface area contributed by atoms with Gasteiger partial charge < -0.3 is 10.6 Å². The van der Waals surface area contributed by atoms with E-state index in [0.717, 1.165) is 25.3 Å². The van der Waals surface area contributed by atoms with Crippen LogP contribution in [0.3, 0.4) is 0 Å². The van der Waals surface area contributed by atoms with Gasteiger partial charge in [-0.2, -0.15) is 0 Å². The predicted molar refractivity (Wildman–Crippen MR) is 102 cm³/mol. The maximum absolute atomic E-state index is 4.30. The number of hydrogen-bond acceptors (Lipinski definition) is 1. The molecule has 0 saturated carbocycles. The number of guanidine groups is 1. The van der Waals surface area contributed by atoms with Crippen LogP contribution in [0.15, 0.2) is 41.4 Å². The molecule has 0 heterocycles. The fourth-order valence-corrected chi connectivity index (χ4v) is 2.39. The van der Waals surface area contributed by atoms with E-state index in [1.54, 1.807) is 0 Å². The Labute approximate surface area is 145 Å². The van der Waals surface area contributed by atoms with Gasteiger partial charge >= 0.3 is 0 Å². The van der Waals surface area contributed by atoms with E-state index in [4.69, 9.17) is 0 Å². The van der Waals surface area contributed by atoms with E-state index >= 15 is 0 Å². The third-order valence-electron chi connectivity index (χ3n) is 3.79. The third-order valence-corrected chi connectivity index (χ3v) is 3.79. The van der Waals surface area contributed by atoms with Crippen molar-refractivity contribution in [1.82, 2.24) is 10.6 Å². The first kappa shape index (κ1) is 18.0. The monoisotopic (exact) mass is 399 g/mol. The standard InChI is InChI=1S/C17H25N3.HI/c1-13-8-10-15(11-9-13)14(2)12-19-17(18-3)20-16-6-4-5-7-16;/h4-5,8-11,14,16H,6-7,12H2,1-3H3,(H2,18,19,20);1H. The molecule has 1 aliphatic carbocycles. The molecule has 1 atom stereocenters. The number of benzene rings is 1. The summed E-state index contributed by atoms with van der Waals surface area (Å²) in [5, 5.41) is 6.88. The first-order chi connectivity index (χ1) is 9.69. The molecule has 1 aromatic carbocycles. The molecule has 0 fully saturated rings. The fourth-order valence-electron chi connectivity index (χ4n) is 2.39. The molecule has 4 heteroatoms. The van der Waals surface area contributed by atoms with Gasteiger partial charge in [-0.25, -0.2) is 0 Å². The lowest BCUT2D eigenvalue weighted by Gasteiger charge is -2.19. The topological polar surface area (TPSA) is 36.4 Å². The minimum absolute atomic E-state index is 0. The summed E-state index contributed by atoms with van der Waals surface area (Å²) in [5.41, 5.74) is 2.67. The summed E-state index contributed by atoms with van der Waals surface area (Å²) in [6, 6.07) is 9.25. The van der Waals surface area contributed by atoms with Crippen LogP contribution in [0.2, 0.25) is 0 Å². The Morgan fingerprint density at radius 3 is 2.43 bits per heavy atom. The van der Waals surface area contributed by atoms with Crippen molar-refractivity contribution in [2.45, 2.75) is 38.6 Å². The molecule has 1 aliphatic rings. The lowest BCUT2D eigenvalue weighted by Crippen LogP contribution is -2.43. The number of nitrogens with one attached hydrogen (secondary N) is 2. The second-order valence-electron chi connectivity index (χ2n) is 5.55. The van der Waals surface area contributed by atoms with Gasteiger partial charge in [-0.15, -0.1) is 24.0 Å². The molecule has 0 bridgehead atoms. The minimum Gasteiger partial charge on any atom is -0.356 e. The minimum atomic E-state index is 0. The van der Waals surface area contributed by atoms with Gasteiger partial charge in [0.15, 0.2) is 5.96 Å². The van der Waals surface area contributed by atoms with Crippen molar-refractivity contribution in [2.24, 2.45) is 4.99 Å². The van der Waals surface area contributed by atoms with Crippen LogP contribution in [0.4, 0.5) is 0 Å². The quantitative estimate of drug-likeness (QED) is 0.351. The van der Waals surface area contributed by atoms with E-state index < -0.39 is 0 Å². The summed E-state index contributed by atoms with van der Waals surface area (Å²) in [4.78, 5) is 4.30. The summed E-state index contributed by atoms with van der Waals surface area (Å²) >= 11 is 0. The second-order valence-corrected chi connectivity index (χ2v) is 5.55. The van der Waals surface area contributed by atoms with Gasteiger partial charge in [-0.3, -0.25) is 4.99 Å². The van der Waals surface area contributed by atoms with Gasteiger partial charge in [-0.1, -0.05) is 48.9 Å². The van der Waals surface area contributed by atoms with Gasteiger partial charge in [0.25, 0.3) is 0 Å². The number of halogens is 1. The van der Waals surface area contributed by atoms with Crippen LogP contribution >= 0.6 is 24.0 Å². The molecule has 0 saturated heterocycles. The Morgan fingerprint density at radius 2 is 1.86 bits per heavy atom. The Morgan fingerprint density at radius 1 is 1.24 bits per heavy atom. The molecule has 0 aliphatic heterocycles. The first-order valence-corrected chi connectivity index (χ1v) is 7.38. The smallest absolute Gasteiger partial charge is 0.191 e. The SMILES string of the molecule is CN=C(NCC(C)c1ccc(C)cc1)NC1CC=CC1.I. The van der Waals surface area contributed by atoms with Crippen LogP contribution in [-0.2, 0) is 0 Å². The molecule has 21 heavy (non-hydrogen) atoms. The Balaban J connectivity index is 0.00000220. The molecule has 1 aromatic rings. The molecule has 0 radical (unpaired) electrons. The van der Waals surface area contributed by atoms with Crippen LogP contribution in [0.25, 0.3) is 0 Å².